The third-order valence-corrected chi connectivity index (χ3v) is 3.12. The van der Waals surface area contributed by atoms with Crippen molar-refractivity contribution in [2.24, 2.45) is 5.73 Å². The Morgan fingerprint density at radius 1 is 1.30 bits per heavy atom. The molecule has 2 rings (SSSR count). The smallest absolute Gasteiger partial charge is 0.305 e. The first-order valence-electron chi connectivity index (χ1n) is 5.86. The maximum absolute atomic E-state index is 10.6. The summed E-state index contributed by atoms with van der Waals surface area (Å²) < 4.78 is 0.985. The van der Waals surface area contributed by atoms with Gasteiger partial charge in [-0.2, -0.15) is 0 Å². The molecular formula is C13H13BrN4O2. The van der Waals surface area contributed by atoms with E-state index in [0.717, 1.165) is 10.2 Å². The molecule has 0 saturated carbocycles. The highest BCUT2D eigenvalue weighted by Gasteiger charge is 2.11. The number of carboxylic acid groups (broad SMARTS) is 1. The van der Waals surface area contributed by atoms with Crippen molar-refractivity contribution in [3.8, 4) is 0 Å². The first-order chi connectivity index (χ1) is 9.54. The molecule has 0 spiro atoms. The number of benzene rings is 1. The minimum Gasteiger partial charge on any atom is -0.481 e. The number of carbonyl (C=O) groups is 1. The summed E-state index contributed by atoms with van der Waals surface area (Å²) in [6.07, 6.45) is 2.91. The minimum absolute atomic E-state index is 0.150. The van der Waals surface area contributed by atoms with Crippen LogP contribution in [0.15, 0.2) is 41.1 Å². The molecule has 1 aromatic heterocycles. The lowest BCUT2D eigenvalue weighted by atomic mass is 10.1. The molecule has 0 saturated heterocycles. The van der Waals surface area contributed by atoms with E-state index < -0.39 is 12.0 Å². The lowest BCUT2D eigenvalue weighted by Crippen LogP contribution is -2.15. The quantitative estimate of drug-likeness (QED) is 0.775. The lowest BCUT2D eigenvalue weighted by molar-refractivity contribution is -0.137. The van der Waals surface area contributed by atoms with E-state index >= 15 is 0 Å². The Kier molecular flexibility index (Phi) is 4.65. The van der Waals surface area contributed by atoms with Crippen molar-refractivity contribution in [2.75, 3.05) is 5.32 Å². The number of hydrogen-bond donors (Lipinski definition) is 3. The third-order valence-electron chi connectivity index (χ3n) is 2.59. The van der Waals surface area contributed by atoms with Gasteiger partial charge in [0.15, 0.2) is 0 Å². The van der Waals surface area contributed by atoms with Gasteiger partial charge in [0.1, 0.15) is 0 Å². The van der Waals surface area contributed by atoms with Crippen LogP contribution in [0.1, 0.15) is 18.0 Å². The van der Waals surface area contributed by atoms with E-state index in [2.05, 4.69) is 31.2 Å². The molecular weight excluding hydrogens is 324 g/mol. The van der Waals surface area contributed by atoms with E-state index in [1.165, 1.54) is 12.4 Å². The molecule has 104 valence electrons. The molecule has 1 atom stereocenters. The van der Waals surface area contributed by atoms with E-state index in [1.54, 1.807) is 0 Å². The molecule has 20 heavy (non-hydrogen) atoms. The molecule has 0 unspecified atom stereocenters. The zero-order valence-corrected chi connectivity index (χ0v) is 12.0. The second kappa shape index (κ2) is 6.44. The second-order valence-corrected chi connectivity index (χ2v) is 5.09. The first-order valence-corrected chi connectivity index (χ1v) is 6.66. The van der Waals surface area contributed by atoms with Crippen LogP contribution < -0.4 is 11.1 Å². The van der Waals surface area contributed by atoms with E-state index in [9.17, 15) is 4.79 Å². The first kappa shape index (κ1) is 14.4. The number of carboxylic acids is 1. The van der Waals surface area contributed by atoms with E-state index in [1.807, 2.05) is 24.3 Å². The normalized spacial score (nSPS) is 11.9. The van der Waals surface area contributed by atoms with E-state index in [0.29, 0.717) is 11.5 Å². The molecule has 4 N–H and O–H groups in total. The number of nitrogens with two attached hydrogens (primary N) is 1. The van der Waals surface area contributed by atoms with Gasteiger partial charge >= 0.3 is 5.97 Å². The van der Waals surface area contributed by atoms with Gasteiger partial charge in [-0.3, -0.25) is 4.79 Å². The van der Waals surface area contributed by atoms with Crippen molar-refractivity contribution in [3.05, 3.63) is 46.7 Å². The van der Waals surface area contributed by atoms with Crippen LogP contribution in [0, 0.1) is 0 Å². The predicted octanol–water partition coefficient (Wildman–Crippen LogP) is 2.46. The zero-order chi connectivity index (χ0) is 14.5. The predicted molar refractivity (Wildman–Crippen MR) is 78.6 cm³/mol. The minimum atomic E-state index is -0.949. The Balaban J connectivity index is 2.04. The highest BCUT2D eigenvalue weighted by Crippen LogP contribution is 2.18. The van der Waals surface area contributed by atoms with Crippen LogP contribution in [0.5, 0.6) is 0 Å². The van der Waals surface area contributed by atoms with Gasteiger partial charge in [0.25, 0.3) is 0 Å². The van der Waals surface area contributed by atoms with Gasteiger partial charge in [0.2, 0.25) is 5.95 Å². The maximum Gasteiger partial charge on any atom is 0.305 e. The van der Waals surface area contributed by atoms with Crippen molar-refractivity contribution < 1.29 is 9.90 Å². The van der Waals surface area contributed by atoms with Crippen LogP contribution in [-0.4, -0.2) is 21.0 Å². The maximum atomic E-state index is 10.6. The van der Waals surface area contributed by atoms with Crippen LogP contribution in [0.2, 0.25) is 0 Å². The van der Waals surface area contributed by atoms with Gasteiger partial charge in [-0.1, -0.05) is 15.9 Å². The number of halogens is 1. The number of anilines is 2. The monoisotopic (exact) mass is 336 g/mol. The number of rotatable bonds is 5. The average Bonchev–Trinajstić information content (AvgIpc) is 2.41. The highest BCUT2D eigenvalue weighted by atomic mass is 79.9. The Hall–Kier alpha value is -1.99. The lowest BCUT2D eigenvalue weighted by Gasteiger charge is -2.09. The molecule has 0 aliphatic rings. The van der Waals surface area contributed by atoms with Gasteiger partial charge in [-0.15, -0.1) is 0 Å². The van der Waals surface area contributed by atoms with Crippen molar-refractivity contribution in [2.45, 2.75) is 12.5 Å². The largest absolute Gasteiger partial charge is 0.481 e. The average molecular weight is 337 g/mol. The van der Waals surface area contributed by atoms with Crippen LogP contribution in [0.3, 0.4) is 0 Å². The van der Waals surface area contributed by atoms with Crippen LogP contribution >= 0.6 is 15.9 Å². The highest BCUT2D eigenvalue weighted by molar-refractivity contribution is 9.10. The third kappa shape index (κ3) is 4.01. The Labute approximate surface area is 124 Å². The Morgan fingerprint density at radius 3 is 2.45 bits per heavy atom. The fourth-order valence-electron chi connectivity index (χ4n) is 1.56. The summed E-state index contributed by atoms with van der Waals surface area (Å²) in [6.45, 7) is 0. The summed E-state index contributed by atoms with van der Waals surface area (Å²) in [6, 6.07) is 6.97. The second-order valence-electron chi connectivity index (χ2n) is 4.18. The van der Waals surface area contributed by atoms with E-state index in [-0.39, 0.29) is 6.42 Å². The van der Waals surface area contributed by atoms with Gasteiger partial charge in [-0.25, -0.2) is 9.97 Å². The summed E-state index contributed by atoms with van der Waals surface area (Å²) in [5.41, 5.74) is 7.18. The fraction of sp³-hybridized carbons (Fsp3) is 0.154. The summed E-state index contributed by atoms with van der Waals surface area (Å²) in [7, 11) is 0. The number of aromatic nitrogens is 2. The molecule has 1 heterocycles. The molecule has 0 fully saturated rings. The SMILES string of the molecule is N[C@H](CC(=O)O)c1cnc(Nc2ccc(Br)cc2)nc1. The molecule has 0 bridgehead atoms. The Morgan fingerprint density at radius 2 is 1.90 bits per heavy atom. The molecule has 0 radical (unpaired) electrons. The van der Waals surface area contributed by atoms with Crippen molar-refractivity contribution >= 4 is 33.5 Å². The van der Waals surface area contributed by atoms with Gasteiger partial charge in [-0.05, 0) is 24.3 Å². The summed E-state index contributed by atoms with van der Waals surface area (Å²) in [5.74, 6) is -0.520. The number of nitrogens with one attached hydrogen (secondary N) is 1. The number of nitrogens with zero attached hydrogens (tertiary/aromatic N) is 2. The van der Waals surface area contributed by atoms with Crippen LogP contribution in [0.4, 0.5) is 11.6 Å². The molecule has 0 amide bonds. The zero-order valence-electron chi connectivity index (χ0n) is 10.5. The van der Waals surface area contributed by atoms with Gasteiger partial charge < -0.3 is 16.2 Å². The number of hydrogen-bond acceptors (Lipinski definition) is 5. The molecule has 1 aromatic carbocycles. The standard InChI is InChI=1S/C13H13BrN4O2/c14-9-1-3-10(4-2-9)18-13-16-6-8(7-17-13)11(15)5-12(19)20/h1-4,6-7,11H,5,15H2,(H,19,20)(H,16,17,18)/t11-/m1/s1. The van der Waals surface area contributed by atoms with Crippen LogP contribution in [0.25, 0.3) is 0 Å². The summed E-state index contributed by atoms with van der Waals surface area (Å²) in [4.78, 5) is 18.8. The van der Waals surface area contributed by atoms with Crippen molar-refractivity contribution in [1.82, 2.24) is 9.97 Å². The molecule has 7 heteroatoms. The van der Waals surface area contributed by atoms with E-state index in [4.69, 9.17) is 10.8 Å². The molecule has 0 aliphatic carbocycles. The topological polar surface area (TPSA) is 101 Å². The summed E-state index contributed by atoms with van der Waals surface area (Å²) >= 11 is 3.36. The van der Waals surface area contributed by atoms with Crippen molar-refractivity contribution in [1.29, 1.82) is 0 Å². The Bertz CT molecular complexity index is 586. The molecule has 0 aliphatic heterocycles. The summed E-state index contributed by atoms with van der Waals surface area (Å²) in [5, 5.41) is 11.7. The van der Waals surface area contributed by atoms with Gasteiger partial charge in [0, 0.05) is 34.2 Å². The van der Waals surface area contributed by atoms with Crippen LogP contribution in [-0.2, 0) is 4.79 Å². The fourth-order valence-corrected chi connectivity index (χ4v) is 1.83. The molecule has 6 nitrogen and oxygen atoms in total. The molecule has 2 aromatic rings. The number of aliphatic carboxylic acids is 1. The van der Waals surface area contributed by atoms with Gasteiger partial charge in [0.05, 0.1) is 6.42 Å². The van der Waals surface area contributed by atoms with Crippen molar-refractivity contribution in [3.63, 3.8) is 0 Å².